The van der Waals surface area contributed by atoms with E-state index >= 15 is 0 Å². The highest BCUT2D eigenvalue weighted by Gasteiger charge is 2.13. The molecule has 0 aliphatic rings. The van der Waals surface area contributed by atoms with E-state index in [0.29, 0.717) is 16.0 Å². The summed E-state index contributed by atoms with van der Waals surface area (Å²) in [6, 6.07) is 5.22. The van der Waals surface area contributed by atoms with Crippen molar-refractivity contribution < 1.29 is 14.7 Å². The highest BCUT2D eigenvalue weighted by Crippen LogP contribution is 2.29. The lowest BCUT2D eigenvalue weighted by molar-refractivity contribution is -0.124. The van der Waals surface area contributed by atoms with Crippen LogP contribution in [0, 0.1) is 0 Å². The highest BCUT2D eigenvalue weighted by molar-refractivity contribution is 6.42. The summed E-state index contributed by atoms with van der Waals surface area (Å²) in [7, 11) is 1.76. The minimum atomic E-state index is -0.625. The first kappa shape index (κ1) is 20.2. The Morgan fingerprint density at radius 2 is 1.92 bits per heavy atom. The van der Waals surface area contributed by atoms with Crippen molar-refractivity contribution >= 4 is 41.0 Å². The normalized spacial score (nSPS) is 11.9. The Morgan fingerprint density at radius 1 is 1.23 bits per heavy atom. The monoisotopic (exact) mass is 398 g/mol. The quantitative estimate of drug-likeness (QED) is 0.667. The number of carbonyl (C=O) groups is 2. The molecule has 2 amide bonds. The van der Waals surface area contributed by atoms with Gasteiger partial charge in [-0.2, -0.15) is 0 Å². The van der Waals surface area contributed by atoms with E-state index in [1.807, 2.05) is 6.07 Å². The summed E-state index contributed by atoms with van der Waals surface area (Å²) < 4.78 is 1.71. The number of amides is 2. The van der Waals surface area contributed by atoms with Crippen molar-refractivity contribution in [1.82, 2.24) is 14.9 Å². The zero-order chi connectivity index (χ0) is 19.3. The molecule has 3 N–H and O–H groups in total. The molecule has 140 valence electrons. The molecular formula is C17H20Cl2N4O3. The van der Waals surface area contributed by atoms with Crippen LogP contribution in [-0.4, -0.2) is 39.1 Å². The van der Waals surface area contributed by atoms with E-state index < -0.39 is 6.10 Å². The number of imidazole rings is 1. The molecule has 2 aromatic rings. The predicted molar refractivity (Wildman–Crippen MR) is 101 cm³/mol. The molecule has 0 fully saturated rings. The first-order chi connectivity index (χ1) is 12.3. The number of aliphatic hydroxyl groups is 1. The van der Waals surface area contributed by atoms with Crippen LogP contribution in [0.2, 0.25) is 10.0 Å². The van der Waals surface area contributed by atoms with Crippen LogP contribution in [0.4, 0.5) is 5.95 Å². The van der Waals surface area contributed by atoms with Crippen LogP contribution in [0.15, 0.2) is 24.4 Å². The van der Waals surface area contributed by atoms with Gasteiger partial charge in [-0.1, -0.05) is 29.3 Å². The van der Waals surface area contributed by atoms with E-state index in [9.17, 15) is 9.59 Å². The number of hydrogen-bond donors (Lipinski definition) is 3. The van der Waals surface area contributed by atoms with E-state index in [1.54, 1.807) is 36.9 Å². The summed E-state index contributed by atoms with van der Waals surface area (Å²) in [5.74, 6) is -0.260. The van der Waals surface area contributed by atoms with Crippen molar-refractivity contribution in [2.24, 2.45) is 7.05 Å². The summed E-state index contributed by atoms with van der Waals surface area (Å²) in [6.45, 7) is 1.73. The number of nitrogens with zero attached hydrogens (tertiary/aromatic N) is 2. The topological polar surface area (TPSA) is 96.2 Å². The Morgan fingerprint density at radius 3 is 2.58 bits per heavy atom. The second kappa shape index (κ2) is 9.02. The number of nitrogens with one attached hydrogen (secondary N) is 2. The van der Waals surface area contributed by atoms with Gasteiger partial charge in [0.2, 0.25) is 17.8 Å². The maximum atomic E-state index is 12.0. The van der Waals surface area contributed by atoms with Gasteiger partial charge in [-0.05, 0) is 19.1 Å². The largest absolute Gasteiger partial charge is 0.392 e. The molecule has 1 heterocycles. The first-order valence-electron chi connectivity index (χ1n) is 7.99. The second-order valence-electron chi connectivity index (χ2n) is 5.86. The molecule has 0 saturated heterocycles. The van der Waals surface area contributed by atoms with Crippen LogP contribution in [0.1, 0.15) is 19.8 Å². The van der Waals surface area contributed by atoms with Crippen molar-refractivity contribution in [2.45, 2.75) is 25.9 Å². The molecule has 0 radical (unpaired) electrons. The number of aliphatic hydroxyl groups excluding tert-OH is 1. The Balaban J connectivity index is 1.96. The van der Waals surface area contributed by atoms with Gasteiger partial charge >= 0.3 is 0 Å². The molecule has 0 bridgehead atoms. The van der Waals surface area contributed by atoms with Crippen LogP contribution >= 0.6 is 23.2 Å². The maximum absolute atomic E-state index is 12.0. The van der Waals surface area contributed by atoms with Crippen molar-refractivity contribution in [3.05, 3.63) is 34.4 Å². The molecule has 2 rings (SSSR count). The molecule has 0 aliphatic heterocycles. The lowest BCUT2D eigenvalue weighted by atomic mass is 10.2. The predicted octanol–water partition coefficient (Wildman–Crippen LogP) is 2.61. The minimum Gasteiger partial charge on any atom is -0.392 e. The third kappa shape index (κ3) is 5.45. The average Bonchev–Trinajstić information content (AvgIpc) is 2.94. The van der Waals surface area contributed by atoms with Gasteiger partial charge in [0.25, 0.3) is 0 Å². The first-order valence-corrected chi connectivity index (χ1v) is 8.75. The number of anilines is 1. The van der Waals surface area contributed by atoms with Gasteiger partial charge < -0.3 is 15.0 Å². The van der Waals surface area contributed by atoms with E-state index in [-0.39, 0.29) is 31.2 Å². The third-order valence-corrected chi connectivity index (χ3v) is 4.37. The molecule has 7 nitrogen and oxygen atoms in total. The average molecular weight is 399 g/mol. The molecule has 0 aliphatic carbocycles. The molecule has 1 aromatic carbocycles. The van der Waals surface area contributed by atoms with E-state index in [1.165, 1.54) is 0 Å². The van der Waals surface area contributed by atoms with Gasteiger partial charge in [0, 0.05) is 32.0 Å². The number of hydrogen-bond acceptors (Lipinski definition) is 4. The zero-order valence-corrected chi connectivity index (χ0v) is 15.9. The lowest BCUT2D eigenvalue weighted by Gasteiger charge is -2.09. The SMILES string of the molecule is CC(O)CNC(=O)CCC(=O)Nc1ncc(-c2ccc(Cl)c(Cl)c2)n1C. The lowest BCUT2D eigenvalue weighted by Crippen LogP contribution is -2.31. The Bertz CT molecular complexity index is 805. The van der Waals surface area contributed by atoms with Crippen LogP contribution in [0.5, 0.6) is 0 Å². The summed E-state index contributed by atoms with van der Waals surface area (Å²) in [6.07, 6.45) is 1.04. The minimum absolute atomic E-state index is 0.0145. The maximum Gasteiger partial charge on any atom is 0.227 e. The number of rotatable bonds is 7. The summed E-state index contributed by atoms with van der Waals surface area (Å²) in [5.41, 5.74) is 1.57. The van der Waals surface area contributed by atoms with Gasteiger partial charge in [0.1, 0.15) is 0 Å². The van der Waals surface area contributed by atoms with Crippen LogP contribution in [0.3, 0.4) is 0 Å². The van der Waals surface area contributed by atoms with Gasteiger partial charge in [-0.25, -0.2) is 4.98 Å². The van der Waals surface area contributed by atoms with Gasteiger partial charge in [0.15, 0.2) is 0 Å². The highest BCUT2D eigenvalue weighted by atomic mass is 35.5. The number of halogens is 2. The van der Waals surface area contributed by atoms with Crippen molar-refractivity contribution in [2.75, 3.05) is 11.9 Å². The molecule has 1 unspecified atom stereocenters. The Hall–Kier alpha value is -2.09. The Kier molecular flexibility index (Phi) is 7.02. The fourth-order valence-corrected chi connectivity index (χ4v) is 2.51. The van der Waals surface area contributed by atoms with Gasteiger partial charge in [0.05, 0.1) is 28.0 Å². The molecule has 0 spiro atoms. The van der Waals surface area contributed by atoms with Crippen LogP contribution < -0.4 is 10.6 Å². The fourth-order valence-electron chi connectivity index (χ4n) is 2.21. The van der Waals surface area contributed by atoms with E-state index in [0.717, 1.165) is 11.3 Å². The van der Waals surface area contributed by atoms with Gasteiger partial charge in [-0.15, -0.1) is 0 Å². The van der Waals surface area contributed by atoms with Crippen molar-refractivity contribution in [3.8, 4) is 11.3 Å². The molecule has 9 heteroatoms. The second-order valence-corrected chi connectivity index (χ2v) is 6.67. The standard InChI is InChI=1S/C17H20Cl2N4O3/c1-10(24)8-20-15(25)5-6-16(26)22-17-21-9-14(23(17)2)11-3-4-12(18)13(19)7-11/h3-4,7,9-10,24H,5-6,8H2,1-2H3,(H,20,25)(H,21,22,26). The van der Waals surface area contributed by atoms with E-state index in [4.69, 9.17) is 28.3 Å². The van der Waals surface area contributed by atoms with Gasteiger partial charge in [-0.3, -0.25) is 14.9 Å². The number of aromatic nitrogens is 2. The summed E-state index contributed by atoms with van der Waals surface area (Å²) in [5, 5.41) is 15.2. The number of carbonyl (C=O) groups excluding carboxylic acids is 2. The van der Waals surface area contributed by atoms with E-state index in [2.05, 4.69) is 15.6 Å². The van der Waals surface area contributed by atoms with Crippen molar-refractivity contribution in [3.63, 3.8) is 0 Å². The van der Waals surface area contributed by atoms with Crippen LogP contribution in [-0.2, 0) is 16.6 Å². The Labute approximate surface area is 161 Å². The molecule has 1 atom stereocenters. The summed E-state index contributed by atoms with van der Waals surface area (Å²) >= 11 is 12.0. The van der Waals surface area contributed by atoms with Crippen LogP contribution in [0.25, 0.3) is 11.3 Å². The molecular weight excluding hydrogens is 379 g/mol. The van der Waals surface area contributed by atoms with Crippen molar-refractivity contribution in [1.29, 1.82) is 0 Å². The third-order valence-electron chi connectivity index (χ3n) is 3.63. The fraction of sp³-hybridized carbons (Fsp3) is 0.353. The summed E-state index contributed by atoms with van der Waals surface area (Å²) in [4.78, 5) is 27.8. The zero-order valence-electron chi connectivity index (χ0n) is 14.4. The molecule has 1 aromatic heterocycles. The number of benzene rings is 1. The smallest absolute Gasteiger partial charge is 0.227 e. The molecule has 0 saturated carbocycles. The molecule has 26 heavy (non-hydrogen) atoms.